The summed E-state index contributed by atoms with van der Waals surface area (Å²) in [7, 11) is 2.97. The largest absolute Gasteiger partial charge is 0.495 e. The van der Waals surface area contributed by atoms with Gasteiger partial charge in [-0.1, -0.05) is 29.3 Å². The highest BCUT2D eigenvalue weighted by Crippen LogP contribution is 2.34. The second-order valence-electron chi connectivity index (χ2n) is 3.24. The Morgan fingerprint density at radius 3 is 2.56 bits per heavy atom. The molecule has 0 saturated carbocycles. The molecule has 16 heavy (non-hydrogen) atoms. The molecule has 0 aromatic heterocycles. The van der Waals surface area contributed by atoms with Crippen LogP contribution in [0.1, 0.15) is 5.56 Å². The fourth-order valence-electron chi connectivity index (χ4n) is 1.15. The van der Waals surface area contributed by atoms with Gasteiger partial charge in [0.1, 0.15) is 10.8 Å². The monoisotopic (exact) mass is 262 g/mol. The molecule has 0 aliphatic rings. The SMILES string of the molecule is COc1ccc(CC(=O)N(C)N)c(Cl)c1Cl. The van der Waals surface area contributed by atoms with E-state index in [0.717, 1.165) is 5.01 Å². The lowest BCUT2D eigenvalue weighted by molar-refractivity contribution is -0.129. The zero-order valence-electron chi connectivity index (χ0n) is 8.96. The molecule has 1 amide bonds. The van der Waals surface area contributed by atoms with Gasteiger partial charge in [0, 0.05) is 7.05 Å². The maximum Gasteiger partial charge on any atom is 0.240 e. The highest BCUT2D eigenvalue weighted by molar-refractivity contribution is 6.43. The van der Waals surface area contributed by atoms with Gasteiger partial charge >= 0.3 is 0 Å². The van der Waals surface area contributed by atoms with Crippen LogP contribution in [0.3, 0.4) is 0 Å². The van der Waals surface area contributed by atoms with Crippen molar-refractivity contribution < 1.29 is 9.53 Å². The van der Waals surface area contributed by atoms with Crippen LogP contribution in [0.5, 0.6) is 5.75 Å². The molecule has 0 unspecified atom stereocenters. The third-order valence-corrected chi connectivity index (χ3v) is 2.99. The number of carbonyl (C=O) groups is 1. The first-order valence-electron chi connectivity index (χ1n) is 4.49. The summed E-state index contributed by atoms with van der Waals surface area (Å²) >= 11 is 12.0. The van der Waals surface area contributed by atoms with Crippen molar-refractivity contribution in [1.29, 1.82) is 0 Å². The van der Waals surface area contributed by atoms with Crippen molar-refractivity contribution >= 4 is 29.1 Å². The van der Waals surface area contributed by atoms with Gasteiger partial charge in [0.05, 0.1) is 18.6 Å². The summed E-state index contributed by atoms with van der Waals surface area (Å²) < 4.78 is 5.00. The Hall–Kier alpha value is -0.970. The van der Waals surface area contributed by atoms with E-state index in [4.69, 9.17) is 33.8 Å². The van der Waals surface area contributed by atoms with Crippen LogP contribution in [0.4, 0.5) is 0 Å². The number of hydrazine groups is 1. The van der Waals surface area contributed by atoms with Crippen molar-refractivity contribution in [2.75, 3.05) is 14.2 Å². The number of amides is 1. The molecule has 0 saturated heterocycles. The molecule has 0 atom stereocenters. The summed E-state index contributed by atoms with van der Waals surface area (Å²) in [6.07, 6.45) is 0.107. The van der Waals surface area contributed by atoms with Crippen molar-refractivity contribution in [3.05, 3.63) is 27.7 Å². The van der Waals surface area contributed by atoms with Crippen LogP contribution in [0.2, 0.25) is 10.0 Å². The van der Waals surface area contributed by atoms with Crippen molar-refractivity contribution in [2.45, 2.75) is 6.42 Å². The number of nitrogens with zero attached hydrogens (tertiary/aromatic N) is 1. The predicted molar refractivity (Wildman–Crippen MR) is 63.7 cm³/mol. The standard InChI is InChI=1S/C10H12Cl2N2O2/c1-14(13)8(15)5-6-3-4-7(16-2)10(12)9(6)11/h3-4H,5,13H2,1-2H3. The molecular formula is C10H12Cl2N2O2. The van der Waals surface area contributed by atoms with E-state index in [1.165, 1.54) is 14.2 Å². The van der Waals surface area contributed by atoms with Crippen molar-refractivity contribution in [2.24, 2.45) is 5.84 Å². The second-order valence-corrected chi connectivity index (χ2v) is 3.99. The zero-order chi connectivity index (χ0) is 12.3. The van der Waals surface area contributed by atoms with Crippen LogP contribution in [0, 0.1) is 0 Å². The van der Waals surface area contributed by atoms with Crippen molar-refractivity contribution in [3.63, 3.8) is 0 Å². The molecule has 0 fully saturated rings. The quantitative estimate of drug-likeness (QED) is 0.514. The number of ether oxygens (including phenoxy) is 1. The molecule has 0 heterocycles. The maximum atomic E-state index is 11.4. The molecule has 1 aromatic carbocycles. The summed E-state index contributed by atoms with van der Waals surface area (Å²) in [6, 6.07) is 3.35. The topological polar surface area (TPSA) is 55.6 Å². The Morgan fingerprint density at radius 2 is 2.06 bits per heavy atom. The summed E-state index contributed by atoms with van der Waals surface area (Å²) in [5, 5.41) is 1.62. The number of likely N-dealkylation sites (N-methyl/N-ethyl adjacent to an activating group) is 1. The Bertz CT molecular complexity index is 408. The number of nitrogens with two attached hydrogens (primary N) is 1. The molecule has 0 bridgehead atoms. The summed E-state index contributed by atoms with van der Waals surface area (Å²) in [6.45, 7) is 0. The summed E-state index contributed by atoms with van der Waals surface area (Å²) in [5.74, 6) is 5.54. The third kappa shape index (κ3) is 2.78. The normalized spacial score (nSPS) is 10.1. The first kappa shape index (κ1) is 13.1. The van der Waals surface area contributed by atoms with Gasteiger partial charge in [0.25, 0.3) is 0 Å². The van der Waals surface area contributed by atoms with E-state index >= 15 is 0 Å². The number of rotatable bonds is 3. The number of hydrogen-bond donors (Lipinski definition) is 1. The van der Waals surface area contributed by atoms with Crippen LogP contribution in [-0.2, 0) is 11.2 Å². The van der Waals surface area contributed by atoms with Crippen LogP contribution >= 0.6 is 23.2 Å². The highest BCUT2D eigenvalue weighted by Gasteiger charge is 2.14. The van der Waals surface area contributed by atoms with Gasteiger partial charge in [-0.25, -0.2) is 5.84 Å². The maximum absolute atomic E-state index is 11.4. The van der Waals surface area contributed by atoms with E-state index in [-0.39, 0.29) is 12.3 Å². The number of methoxy groups -OCH3 is 1. The average Bonchev–Trinajstić information content (AvgIpc) is 2.25. The first-order chi connectivity index (χ1) is 7.47. The minimum absolute atomic E-state index is 0.107. The molecule has 2 N–H and O–H groups in total. The molecule has 0 radical (unpaired) electrons. The Balaban J connectivity index is 2.99. The van der Waals surface area contributed by atoms with E-state index in [9.17, 15) is 4.79 Å². The first-order valence-corrected chi connectivity index (χ1v) is 5.25. The fourth-order valence-corrected chi connectivity index (χ4v) is 1.64. The van der Waals surface area contributed by atoms with Gasteiger partial charge in [0.2, 0.25) is 5.91 Å². The van der Waals surface area contributed by atoms with Crippen LogP contribution in [0.15, 0.2) is 12.1 Å². The predicted octanol–water partition coefficient (Wildman–Crippen LogP) is 1.88. The second kappa shape index (κ2) is 5.39. The van der Waals surface area contributed by atoms with E-state index < -0.39 is 0 Å². The zero-order valence-corrected chi connectivity index (χ0v) is 10.5. The molecule has 0 aliphatic heterocycles. The Kier molecular flexibility index (Phi) is 4.41. The van der Waals surface area contributed by atoms with Gasteiger partial charge in [-0.3, -0.25) is 9.80 Å². The van der Waals surface area contributed by atoms with Gasteiger partial charge in [-0.2, -0.15) is 0 Å². The smallest absolute Gasteiger partial charge is 0.240 e. The summed E-state index contributed by atoms with van der Waals surface area (Å²) in [5.41, 5.74) is 0.620. The van der Waals surface area contributed by atoms with E-state index in [2.05, 4.69) is 0 Å². The number of halogens is 2. The van der Waals surface area contributed by atoms with Gasteiger partial charge in [-0.15, -0.1) is 0 Å². The lowest BCUT2D eigenvalue weighted by Crippen LogP contribution is -2.34. The average molecular weight is 263 g/mol. The van der Waals surface area contributed by atoms with Crippen LogP contribution in [0.25, 0.3) is 0 Å². The minimum atomic E-state index is -0.247. The molecular weight excluding hydrogens is 251 g/mol. The molecule has 88 valence electrons. The fraction of sp³-hybridized carbons (Fsp3) is 0.300. The van der Waals surface area contributed by atoms with Crippen molar-refractivity contribution in [1.82, 2.24) is 5.01 Å². The molecule has 0 spiro atoms. The van der Waals surface area contributed by atoms with Crippen LogP contribution < -0.4 is 10.6 Å². The third-order valence-electron chi connectivity index (χ3n) is 2.08. The lowest BCUT2D eigenvalue weighted by Gasteiger charge is -2.12. The van der Waals surface area contributed by atoms with E-state index in [1.54, 1.807) is 12.1 Å². The van der Waals surface area contributed by atoms with Gasteiger partial charge in [-0.05, 0) is 11.6 Å². The lowest BCUT2D eigenvalue weighted by atomic mass is 10.1. The molecule has 0 aliphatic carbocycles. The van der Waals surface area contributed by atoms with Gasteiger partial charge in [0.15, 0.2) is 0 Å². The Morgan fingerprint density at radius 1 is 1.44 bits per heavy atom. The molecule has 1 aromatic rings. The number of carbonyl (C=O) groups excluding carboxylic acids is 1. The van der Waals surface area contributed by atoms with Crippen LogP contribution in [-0.4, -0.2) is 25.1 Å². The van der Waals surface area contributed by atoms with E-state index in [1.807, 2.05) is 0 Å². The van der Waals surface area contributed by atoms with Crippen molar-refractivity contribution in [3.8, 4) is 5.75 Å². The summed E-state index contributed by atoms with van der Waals surface area (Å²) in [4.78, 5) is 11.4. The Labute approximate surface area is 104 Å². The molecule has 1 rings (SSSR count). The number of hydrogen-bond acceptors (Lipinski definition) is 3. The highest BCUT2D eigenvalue weighted by atomic mass is 35.5. The number of benzene rings is 1. The van der Waals surface area contributed by atoms with Gasteiger partial charge < -0.3 is 4.74 Å². The van der Waals surface area contributed by atoms with E-state index in [0.29, 0.717) is 21.4 Å². The molecule has 4 nitrogen and oxygen atoms in total. The minimum Gasteiger partial charge on any atom is -0.495 e. The molecule has 6 heteroatoms.